The fraction of sp³-hybridized carbons (Fsp3) is 0.688. The van der Waals surface area contributed by atoms with Gasteiger partial charge in [-0.25, -0.2) is 5.84 Å². The number of carbonyl (C=O) groups is 1. The Labute approximate surface area is 131 Å². The average molecular weight is 309 g/mol. The molecule has 118 valence electrons. The van der Waals surface area contributed by atoms with Crippen molar-refractivity contribution in [3.05, 3.63) is 21.4 Å². The van der Waals surface area contributed by atoms with Crippen molar-refractivity contribution < 1.29 is 4.79 Å². The van der Waals surface area contributed by atoms with Gasteiger partial charge in [0.05, 0.1) is 4.88 Å². The second-order valence-corrected chi connectivity index (χ2v) is 7.28. The second-order valence-electron chi connectivity index (χ2n) is 6.03. The number of aryl methyl sites for hydroxylation is 1. The van der Waals surface area contributed by atoms with Crippen molar-refractivity contribution in [1.29, 1.82) is 0 Å². The third-order valence-corrected chi connectivity index (χ3v) is 5.50. The van der Waals surface area contributed by atoms with Gasteiger partial charge in [-0.1, -0.05) is 19.8 Å². The van der Waals surface area contributed by atoms with Crippen LogP contribution in [0.25, 0.3) is 0 Å². The number of nitrogen functional groups attached to an aromatic ring is 1. The number of nitrogens with one attached hydrogen (secondary N) is 1. The number of amides is 1. The lowest BCUT2D eigenvalue weighted by molar-refractivity contribution is 0.0957. The fourth-order valence-corrected chi connectivity index (χ4v) is 4.12. The molecular weight excluding hydrogens is 282 g/mol. The molecule has 1 aromatic rings. The van der Waals surface area contributed by atoms with Gasteiger partial charge in [0.25, 0.3) is 5.91 Å². The maximum absolute atomic E-state index is 11.6. The van der Waals surface area contributed by atoms with E-state index >= 15 is 0 Å². The van der Waals surface area contributed by atoms with E-state index < -0.39 is 0 Å². The molecule has 1 atom stereocenters. The number of thiophene rings is 1. The van der Waals surface area contributed by atoms with Crippen LogP contribution < -0.4 is 11.3 Å². The summed E-state index contributed by atoms with van der Waals surface area (Å²) < 4.78 is 0. The van der Waals surface area contributed by atoms with Crippen LogP contribution in [0.3, 0.4) is 0 Å². The lowest BCUT2D eigenvalue weighted by atomic mass is 9.96. The van der Waals surface area contributed by atoms with Crippen molar-refractivity contribution in [2.24, 2.45) is 11.8 Å². The largest absolute Gasteiger partial charge is 0.299 e. The van der Waals surface area contributed by atoms with Crippen molar-refractivity contribution in [2.45, 2.75) is 52.5 Å². The third-order valence-electron chi connectivity index (χ3n) is 4.41. The SMILES string of the molecule is CCCC1CCCN(Cc2cc(C(=O)NN)sc2C)CC1. The van der Waals surface area contributed by atoms with E-state index in [2.05, 4.69) is 24.2 Å². The van der Waals surface area contributed by atoms with Crippen molar-refractivity contribution in [3.8, 4) is 0 Å². The van der Waals surface area contributed by atoms with Crippen LogP contribution in [0.1, 0.15) is 59.1 Å². The molecule has 0 aliphatic carbocycles. The number of rotatable bonds is 5. The van der Waals surface area contributed by atoms with E-state index in [1.165, 1.54) is 67.0 Å². The standard InChI is InChI=1S/C16H27N3OS/c1-3-5-13-6-4-8-19(9-7-13)11-14-10-15(16(20)18-17)21-12(14)2/h10,13H,3-9,11,17H2,1-2H3,(H,18,20). The average Bonchev–Trinajstić information content (AvgIpc) is 2.70. The summed E-state index contributed by atoms with van der Waals surface area (Å²) in [5, 5.41) is 0. The molecule has 0 radical (unpaired) electrons. The topological polar surface area (TPSA) is 58.4 Å². The van der Waals surface area contributed by atoms with Gasteiger partial charge in [-0.2, -0.15) is 0 Å². The Morgan fingerprint density at radius 3 is 3.00 bits per heavy atom. The first kappa shape index (κ1) is 16.5. The molecule has 3 N–H and O–H groups in total. The predicted octanol–water partition coefficient (Wildman–Crippen LogP) is 3.06. The van der Waals surface area contributed by atoms with Gasteiger partial charge in [0.2, 0.25) is 0 Å². The molecule has 1 aliphatic heterocycles. The zero-order valence-electron chi connectivity index (χ0n) is 13.2. The maximum Gasteiger partial charge on any atom is 0.275 e. The van der Waals surface area contributed by atoms with Crippen molar-refractivity contribution in [2.75, 3.05) is 13.1 Å². The lowest BCUT2D eigenvalue weighted by Crippen LogP contribution is -2.29. The first-order valence-electron chi connectivity index (χ1n) is 7.96. The van der Waals surface area contributed by atoms with E-state index in [1.807, 2.05) is 6.07 Å². The minimum atomic E-state index is -0.187. The summed E-state index contributed by atoms with van der Waals surface area (Å²) in [6.07, 6.45) is 6.64. The molecule has 2 rings (SSSR count). The molecule has 0 bridgehead atoms. The summed E-state index contributed by atoms with van der Waals surface area (Å²) in [6, 6.07) is 2.00. The number of likely N-dealkylation sites (tertiary alicyclic amines) is 1. The van der Waals surface area contributed by atoms with Crippen LogP contribution in [0, 0.1) is 12.8 Å². The van der Waals surface area contributed by atoms with Crippen LogP contribution in [0.15, 0.2) is 6.07 Å². The van der Waals surface area contributed by atoms with Gasteiger partial charge in [-0.3, -0.25) is 15.1 Å². The van der Waals surface area contributed by atoms with Crippen LogP contribution in [0.5, 0.6) is 0 Å². The minimum Gasteiger partial charge on any atom is -0.299 e. The Hall–Kier alpha value is -0.910. The van der Waals surface area contributed by atoms with E-state index in [0.29, 0.717) is 4.88 Å². The summed E-state index contributed by atoms with van der Waals surface area (Å²) in [5.41, 5.74) is 3.48. The lowest BCUT2D eigenvalue weighted by Gasteiger charge is -2.20. The van der Waals surface area contributed by atoms with E-state index in [9.17, 15) is 4.79 Å². The van der Waals surface area contributed by atoms with Gasteiger partial charge >= 0.3 is 0 Å². The normalized spacial score (nSPS) is 20.2. The number of nitrogens with zero attached hydrogens (tertiary/aromatic N) is 1. The molecule has 1 aromatic heterocycles. The van der Waals surface area contributed by atoms with Crippen LogP contribution in [0.4, 0.5) is 0 Å². The van der Waals surface area contributed by atoms with Gasteiger partial charge in [0.1, 0.15) is 0 Å². The first-order chi connectivity index (χ1) is 10.1. The van der Waals surface area contributed by atoms with Crippen molar-refractivity contribution in [1.82, 2.24) is 10.3 Å². The quantitative estimate of drug-likeness (QED) is 0.499. The molecule has 0 aromatic carbocycles. The number of hydrogen-bond donors (Lipinski definition) is 2. The van der Waals surface area contributed by atoms with Crippen molar-refractivity contribution in [3.63, 3.8) is 0 Å². The van der Waals surface area contributed by atoms with E-state index in [-0.39, 0.29) is 5.91 Å². The third kappa shape index (κ3) is 4.53. The number of hydrogen-bond acceptors (Lipinski definition) is 4. The first-order valence-corrected chi connectivity index (χ1v) is 8.78. The fourth-order valence-electron chi connectivity index (χ4n) is 3.18. The molecule has 0 saturated carbocycles. The van der Waals surface area contributed by atoms with E-state index in [1.54, 1.807) is 0 Å². The summed E-state index contributed by atoms with van der Waals surface area (Å²) in [7, 11) is 0. The number of carbonyl (C=O) groups excluding carboxylic acids is 1. The summed E-state index contributed by atoms with van der Waals surface area (Å²) in [5.74, 6) is 5.93. The number of nitrogens with two attached hydrogens (primary N) is 1. The summed E-state index contributed by atoms with van der Waals surface area (Å²) in [4.78, 5) is 16.1. The minimum absolute atomic E-state index is 0.187. The molecule has 0 spiro atoms. The Morgan fingerprint density at radius 1 is 1.48 bits per heavy atom. The second kappa shape index (κ2) is 7.92. The highest BCUT2D eigenvalue weighted by atomic mass is 32.1. The molecule has 1 fully saturated rings. The molecule has 21 heavy (non-hydrogen) atoms. The Morgan fingerprint density at radius 2 is 2.29 bits per heavy atom. The Balaban J connectivity index is 1.95. The molecule has 1 amide bonds. The van der Waals surface area contributed by atoms with Crippen LogP contribution in [0.2, 0.25) is 0 Å². The highest BCUT2D eigenvalue weighted by Crippen LogP contribution is 2.26. The molecule has 1 unspecified atom stereocenters. The highest BCUT2D eigenvalue weighted by molar-refractivity contribution is 7.14. The Kier molecular flexibility index (Phi) is 6.21. The van der Waals surface area contributed by atoms with Gasteiger partial charge in [0, 0.05) is 11.4 Å². The van der Waals surface area contributed by atoms with E-state index in [4.69, 9.17) is 5.84 Å². The monoisotopic (exact) mass is 309 g/mol. The molecule has 1 saturated heterocycles. The Bertz CT molecular complexity index is 472. The maximum atomic E-state index is 11.6. The van der Waals surface area contributed by atoms with Crippen molar-refractivity contribution >= 4 is 17.2 Å². The molecule has 5 heteroatoms. The summed E-state index contributed by atoms with van der Waals surface area (Å²) >= 11 is 1.53. The molecular formula is C16H27N3OS. The van der Waals surface area contributed by atoms with Crippen LogP contribution >= 0.6 is 11.3 Å². The highest BCUT2D eigenvalue weighted by Gasteiger charge is 2.18. The van der Waals surface area contributed by atoms with Crippen LogP contribution in [-0.2, 0) is 6.54 Å². The van der Waals surface area contributed by atoms with E-state index in [0.717, 1.165) is 12.5 Å². The van der Waals surface area contributed by atoms with Gasteiger partial charge in [-0.15, -0.1) is 11.3 Å². The molecule has 4 nitrogen and oxygen atoms in total. The molecule has 1 aliphatic rings. The van der Waals surface area contributed by atoms with Gasteiger partial charge < -0.3 is 0 Å². The van der Waals surface area contributed by atoms with Crippen LogP contribution in [-0.4, -0.2) is 23.9 Å². The molecule has 2 heterocycles. The van der Waals surface area contributed by atoms with Gasteiger partial charge in [-0.05, 0) is 56.8 Å². The van der Waals surface area contributed by atoms with Gasteiger partial charge in [0.15, 0.2) is 0 Å². The zero-order valence-corrected chi connectivity index (χ0v) is 14.0. The summed E-state index contributed by atoms with van der Waals surface area (Å²) in [6.45, 7) is 7.68. The predicted molar refractivity (Wildman–Crippen MR) is 88.2 cm³/mol. The zero-order chi connectivity index (χ0) is 15.2. The number of hydrazine groups is 1. The smallest absolute Gasteiger partial charge is 0.275 e.